The van der Waals surface area contributed by atoms with Gasteiger partial charge in [-0.2, -0.15) is 11.8 Å². The highest BCUT2D eigenvalue weighted by Crippen LogP contribution is 2.43. The third-order valence-corrected chi connectivity index (χ3v) is 6.24. The molecule has 3 unspecified atom stereocenters. The zero-order valence-corrected chi connectivity index (χ0v) is 13.3. The molecule has 0 aromatic heterocycles. The van der Waals surface area contributed by atoms with Crippen molar-refractivity contribution < 1.29 is 4.74 Å². The summed E-state index contributed by atoms with van der Waals surface area (Å²) >= 11 is 2.03. The number of benzene rings is 1. The molecule has 2 nitrogen and oxygen atoms in total. The van der Waals surface area contributed by atoms with Gasteiger partial charge in [-0.05, 0) is 61.5 Å². The van der Waals surface area contributed by atoms with E-state index in [2.05, 4.69) is 32.0 Å². The van der Waals surface area contributed by atoms with E-state index in [1.54, 1.807) is 0 Å². The molecule has 0 radical (unpaired) electrons. The third kappa shape index (κ3) is 2.76. The second kappa shape index (κ2) is 5.70. The Morgan fingerprint density at radius 1 is 1.35 bits per heavy atom. The minimum Gasteiger partial charge on any atom is -0.374 e. The summed E-state index contributed by atoms with van der Waals surface area (Å²) in [7, 11) is 0. The van der Waals surface area contributed by atoms with Crippen LogP contribution < -0.4 is 5.73 Å². The van der Waals surface area contributed by atoms with Crippen LogP contribution in [0.15, 0.2) is 18.2 Å². The van der Waals surface area contributed by atoms with E-state index in [4.69, 9.17) is 10.5 Å². The van der Waals surface area contributed by atoms with Crippen molar-refractivity contribution in [2.75, 3.05) is 18.1 Å². The Labute approximate surface area is 126 Å². The van der Waals surface area contributed by atoms with E-state index in [9.17, 15) is 0 Å². The Morgan fingerprint density at radius 3 is 2.90 bits per heavy atom. The summed E-state index contributed by atoms with van der Waals surface area (Å²) in [5.74, 6) is 2.96. The molecule has 2 aliphatic rings. The van der Waals surface area contributed by atoms with Gasteiger partial charge in [-0.3, -0.25) is 0 Å². The van der Waals surface area contributed by atoms with Gasteiger partial charge in [0.25, 0.3) is 0 Å². The Bertz CT molecular complexity index is 482. The van der Waals surface area contributed by atoms with Gasteiger partial charge in [-0.25, -0.2) is 0 Å². The van der Waals surface area contributed by atoms with E-state index in [-0.39, 0.29) is 11.6 Å². The van der Waals surface area contributed by atoms with E-state index in [1.807, 2.05) is 11.8 Å². The molecular formula is C17H25NOS. The zero-order chi connectivity index (χ0) is 14.2. The van der Waals surface area contributed by atoms with Crippen molar-refractivity contribution in [2.45, 2.75) is 44.8 Å². The Morgan fingerprint density at radius 2 is 2.20 bits per heavy atom. The molecule has 110 valence electrons. The summed E-state index contributed by atoms with van der Waals surface area (Å²) < 4.78 is 6.11. The summed E-state index contributed by atoms with van der Waals surface area (Å²) in [5, 5.41) is 0. The van der Waals surface area contributed by atoms with Gasteiger partial charge in [0.05, 0.1) is 5.60 Å². The van der Waals surface area contributed by atoms with Crippen LogP contribution in [0.5, 0.6) is 0 Å². The molecule has 0 saturated carbocycles. The predicted octanol–water partition coefficient (Wildman–Crippen LogP) is 3.61. The summed E-state index contributed by atoms with van der Waals surface area (Å²) in [6, 6.07) is 6.83. The highest BCUT2D eigenvalue weighted by molar-refractivity contribution is 7.99. The largest absolute Gasteiger partial charge is 0.374 e. The first-order valence-electron chi connectivity index (χ1n) is 7.64. The van der Waals surface area contributed by atoms with Crippen LogP contribution in [0, 0.1) is 19.8 Å². The van der Waals surface area contributed by atoms with Gasteiger partial charge in [-0.15, -0.1) is 0 Å². The van der Waals surface area contributed by atoms with Crippen molar-refractivity contribution in [3.8, 4) is 0 Å². The first kappa shape index (κ1) is 14.4. The molecule has 0 aliphatic carbocycles. The lowest BCUT2D eigenvalue weighted by atomic mass is 9.79. The molecule has 2 fully saturated rings. The number of hydrogen-bond acceptors (Lipinski definition) is 3. The predicted molar refractivity (Wildman–Crippen MR) is 86.2 cm³/mol. The van der Waals surface area contributed by atoms with Crippen LogP contribution in [0.2, 0.25) is 0 Å². The van der Waals surface area contributed by atoms with Crippen LogP contribution in [0.25, 0.3) is 0 Å². The normalized spacial score (nSPS) is 31.6. The Hall–Kier alpha value is -0.510. The zero-order valence-electron chi connectivity index (χ0n) is 12.5. The number of aryl methyl sites for hydroxylation is 2. The van der Waals surface area contributed by atoms with Gasteiger partial charge in [0.2, 0.25) is 0 Å². The topological polar surface area (TPSA) is 35.2 Å². The Balaban J connectivity index is 1.75. The van der Waals surface area contributed by atoms with Crippen molar-refractivity contribution in [1.82, 2.24) is 0 Å². The van der Waals surface area contributed by atoms with Crippen molar-refractivity contribution in [3.05, 3.63) is 34.9 Å². The average molecular weight is 291 g/mol. The molecule has 0 amide bonds. The summed E-state index contributed by atoms with van der Waals surface area (Å²) in [4.78, 5) is 0. The first-order valence-corrected chi connectivity index (χ1v) is 8.80. The number of ether oxygens (including phenoxy) is 1. The van der Waals surface area contributed by atoms with E-state index in [1.165, 1.54) is 28.9 Å². The van der Waals surface area contributed by atoms with Crippen LogP contribution in [-0.2, 0) is 4.74 Å². The maximum Gasteiger partial charge on any atom is 0.0783 e. The molecule has 1 spiro atoms. The van der Waals surface area contributed by atoms with Gasteiger partial charge in [0, 0.05) is 18.4 Å². The van der Waals surface area contributed by atoms with Crippen molar-refractivity contribution >= 4 is 11.8 Å². The second-order valence-electron chi connectivity index (χ2n) is 6.46. The number of nitrogens with two attached hydrogens (primary N) is 1. The van der Waals surface area contributed by atoms with E-state index >= 15 is 0 Å². The highest BCUT2D eigenvalue weighted by Gasteiger charge is 2.42. The van der Waals surface area contributed by atoms with Gasteiger partial charge in [-0.1, -0.05) is 18.2 Å². The third-order valence-electron chi connectivity index (χ3n) is 5.02. The molecule has 3 heteroatoms. The van der Waals surface area contributed by atoms with E-state index < -0.39 is 0 Å². The fourth-order valence-electron chi connectivity index (χ4n) is 3.48. The fourth-order valence-corrected chi connectivity index (χ4v) is 4.86. The molecule has 2 heterocycles. The molecule has 3 atom stereocenters. The van der Waals surface area contributed by atoms with Gasteiger partial charge < -0.3 is 10.5 Å². The van der Waals surface area contributed by atoms with E-state index in [0.29, 0.717) is 5.92 Å². The maximum absolute atomic E-state index is 6.58. The summed E-state index contributed by atoms with van der Waals surface area (Å²) in [6.45, 7) is 5.21. The van der Waals surface area contributed by atoms with Crippen molar-refractivity contribution in [2.24, 2.45) is 11.7 Å². The molecule has 20 heavy (non-hydrogen) atoms. The molecule has 1 aromatic rings. The molecule has 0 bridgehead atoms. The van der Waals surface area contributed by atoms with Crippen LogP contribution in [-0.4, -0.2) is 23.7 Å². The average Bonchev–Trinajstić information content (AvgIpc) is 2.89. The van der Waals surface area contributed by atoms with Crippen LogP contribution in [0.4, 0.5) is 0 Å². The molecule has 2 N–H and O–H groups in total. The lowest BCUT2D eigenvalue weighted by Gasteiger charge is -2.40. The summed E-state index contributed by atoms with van der Waals surface area (Å²) in [5.41, 5.74) is 10.7. The number of thioether (sulfide) groups is 1. The Kier molecular flexibility index (Phi) is 4.11. The standard InChI is InChI=1S/C17H25NOS/c1-12-3-4-14(9-13(12)2)16(18)15-5-7-19-17(10-15)6-8-20-11-17/h3-4,9,15-16H,5-8,10-11,18H2,1-2H3. The van der Waals surface area contributed by atoms with E-state index in [0.717, 1.165) is 25.2 Å². The minimum absolute atomic E-state index is 0.130. The molecule has 1 aromatic carbocycles. The molecule has 2 aliphatic heterocycles. The highest BCUT2D eigenvalue weighted by atomic mass is 32.2. The number of hydrogen-bond donors (Lipinski definition) is 1. The second-order valence-corrected chi connectivity index (χ2v) is 7.56. The molecule has 3 rings (SSSR count). The maximum atomic E-state index is 6.58. The van der Waals surface area contributed by atoms with Gasteiger partial charge in [0.15, 0.2) is 0 Å². The van der Waals surface area contributed by atoms with Crippen molar-refractivity contribution in [1.29, 1.82) is 0 Å². The SMILES string of the molecule is Cc1ccc(C(N)C2CCOC3(CCSC3)C2)cc1C. The quantitative estimate of drug-likeness (QED) is 0.904. The van der Waals surface area contributed by atoms with Crippen LogP contribution in [0.1, 0.15) is 42.0 Å². The lowest BCUT2D eigenvalue weighted by Crippen LogP contribution is -2.42. The lowest BCUT2D eigenvalue weighted by molar-refractivity contribution is -0.0834. The molecule has 2 saturated heterocycles. The van der Waals surface area contributed by atoms with Crippen molar-refractivity contribution in [3.63, 3.8) is 0 Å². The first-order chi connectivity index (χ1) is 9.60. The number of rotatable bonds is 2. The summed E-state index contributed by atoms with van der Waals surface area (Å²) in [6.07, 6.45) is 3.43. The van der Waals surface area contributed by atoms with Gasteiger partial charge >= 0.3 is 0 Å². The van der Waals surface area contributed by atoms with Gasteiger partial charge in [0.1, 0.15) is 0 Å². The van der Waals surface area contributed by atoms with Crippen LogP contribution in [0.3, 0.4) is 0 Å². The smallest absolute Gasteiger partial charge is 0.0783 e. The fraction of sp³-hybridized carbons (Fsp3) is 0.647. The minimum atomic E-state index is 0.130. The van der Waals surface area contributed by atoms with Crippen LogP contribution >= 0.6 is 11.8 Å². The monoisotopic (exact) mass is 291 g/mol. The molecular weight excluding hydrogens is 266 g/mol.